The van der Waals surface area contributed by atoms with Crippen LogP contribution in [0.3, 0.4) is 0 Å². The molecule has 0 aliphatic rings. The number of nitrogens with one attached hydrogen (secondary N) is 1. The van der Waals surface area contributed by atoms with Gasteiger partial charge in [0.2, 0.25) is 0 Å². The molecule has 78 valence electrons. The van der Waals surface area contributed by atoms with Crippen molar-refractivity contribution in [2.45, 2.75) is 5.16 Å². The normalized spacial score (nSPS) is 10.5. The molecule has 0 radical (unpaired) electrons. The summed E-state index contributed by atoms with van der Waals surface area (Å²) in [5, 5.41) is 1.47. The SMILES string of the molecule is COC(=O)c1cc2cnc(SC)nc2[nH]1. The number of H-pyrrole nitrogens is 1. The molecule has 2 aromatic heterocycles. The second-order valence-electron chi connectivity index (χ2n) is 2.84. The van der Waals surface area contributed by atoms with Gasteiger partial charge in [-0.15, -0.1) is 0 Å². The molecule has 0 aromatic carbocycles. The van der Waals surface area contributed by atoms with E-state index in [1.54, 1.807) is 12.3 Å². The van der Waals surface area contributed by atoms with Crippen LogP contribution in [0.2, 0.25) is 0 Å². The molecule has 1 N–H and O–H groups in total. The van der Waals surface area contributed by atoms with Crippen LogP contribution in [0, 0.1) is 0 Å². The largest absolute Gasteiger partial charge is 0.464 e. The quantitative estimate of drug-likeness (QED) is 0.474. The molecule has 15 heavy (non-hydrogen) atoms. The molecule has 2 rings (SSSR count). The maximum absolute atomic E-state index is 11.2. The van der Waals surface area contributed by atoms with Crippen LogP contribution in [-0.4, -0.2) is 34.3 Å². The van der Waals surface area contributed by atoms with Gasteiger partial charge in [-0.1, -0.05) is 11.8 Å². The summed E-state index contributed by atoms with van der Waals surface area (Å²) in [5.41, 5.74) is 1.04. The van der Waals surface area contributed by atoms with E-state index in [2.05, 4.69) is 19.7 Å². The van der Waals surface area contributed by atoms with Crippen molar-refractivity contribution in [3.05, 3.63) is 18.0 Å². The number of thioether (sulfide) groups is 1. The lowest BCUT2D eigenvalue weighted by molar-refractivity contribution is 0.0595. The maximum atomic E-state index is 11.2. The van der Waals surface area contributed by atoms with Gasteiger partial charge in [-0.3, -0.25) is 0 Å². The van der Waals surface area contributed by atoms with Crippen LogP contribution in [0.25, 0.3) is 11.0 Å². The fourth-order valence-corrected chi connectivity index (χ4v) is 1.56. The van der Waals surface area contributed by atoms with Crippen molar-refractivity contribution in [1.82, 2.24) is 15.0 Å². The van der Waals surface area contributed by atoms with Gasteiger partial charge in [-0.2, -0.15) is 0 Å². The fourth-order valence-electron chi connectivity index (χ4n) is 1.22. The number of carbonyl (C=O) groups excluding carboxylic acids is 1. The van der Waals surface area contributed by atoms with Gasteiger partial charge >= 0.3 is 5.97 Å². The van der Waals surface area contributed by atoms with Gasteiger partial charge in [0.25, 0.3) is 0 Å². The van der Waals surface area contributed by atoms with E-state index in [1.807, 2.05) is 6.26 Å². The van der Waals surface area contributed by atoms with Crippen molar-refractivity contribution in [1.29, 1.82) is 0 Å². The molecule has 0 bridgehead atoms. The molecular formula is C9H9N3O2S. The fraction of sp³-hybridized carbons (Fsp3) is 0.222. The van der Waals surface area contributed by atoms with Gasteiger partial charge in [0.1, 0.15) is 11.3 Å². The Morgan fingerprint density at radius 1 is 1.60 bits per heavy atom. The first-order chi connectivity index (χ1) is 7.24. The number of carbonyl (C=O) groups is 1. The molecule has 0 fully saturated rings. The molecular weight excluding hydrogens is 214 g/mol. The smallest absolute Gasteiger partial charge is 0.354 e. The van der Waals surface area contributed by atoms with Crippen molar-refractivity contribution in [2.75, 3.05) is 13.4 Å². The van der Waals surface area contributed by atoms with Crippen LogP contribution in [0.15, 0.2) is 17.4 Å². The molecule has 0 aliphatic carbocycles. The summed E-state index contributed by atoms with van der Waals surface area (Å²) in [5.74, 6) is -0.404. The van der Waals surface area contributed by atoms with Gasteiger partial charge in [0.15, 0.2) is 5.16 Å². The third kappa shape index (κ3) is 1.80. The van der Waals surface area contributed by atoms with Crippen molar-refractivity contribution < 1.29 is 9.53 Å². The summed E-state index contributed by atoms with van der Waals surface area (Å²) in [6.45, 7) is 0. The maximum Gasteiger partial charge on any atom is 0.354 e. The number of ether oxygens (including phenoxy) is 1. The molecule has 0 atom stereocenters. The highest BCUT2D eigenvalue weighted by Gasteiger charge is 2.10. The van der Waals surface area contributed by atoms with Gasteiger partial charge in [-0.25, -0.2) is 14.8 Å². The lowest BCUT2D eigenvalue weighted by atomic mass is 10.4. The topological polar surface area (TPSA) is 67.9 Å². The van der Waals surface area contributed by atoms with Crippen molar-refractivity contribution >= 4 is 28.8 Å². The number of esters is 1. The van der Waals surface area contributed by atoms with E-state index in [1.165, 1.54) is 18.9 Å². The number of fused-ring (bicyclic) bond motifs is 1. The second kappa shape index (κ2) is 3.90. The van der Waals surface area contributed by atoms with Gasteiger partial charge in [-0.05, 0) is 12.3 Å². The Balaban J connectivity index is 2.51. The lowest BCUT2D eigenvalue weighted by Gasteiger charge is -1.93. The Hall–Kier alpha value is -1.56. The summed E-state index contributed by atoms with van der Waals surface area (Å²) >= 11 is 1.45. The predicted octanol–water partition coefficient (Wildman–Crippen LogP) is 1.47. The van der Waals surface area contributed by atoms with Gasteiger partial charge < -0.3 is 9.72 Å². The Morgan fingerprint density at radius 2 is 2.40 bits per heavy atom. The first-order valence-corrected chi connectivity index (χ1v) is 5.45. The molecule has 0 saturated carbocycles. The standard InChI is InChI=1S/C9H9N3O2S/c1-14-8(13)6-3-5-4-10-9(15-2)12-7(5)11-6/h3-4H,1-2H3,(H,10,11,12). The number of methoxy groups -OCH3 is 1. The third-order valence-corrected chi connectivity index (χ3v) is 2.50. The molecule has 2 aromatic rings. The zero-order valence-electron chi connectivity index (χ0n) is 8.27. The van der Waals surface area contributed by atoms with E-state index >= 15 is 0 Å². The third-order valence-electron chi connectivity index (χ3n) is 1.94. The second-order valence-corrected chi connectivity index (χ2v) is 3.61. The molecule has 5 nitrogen and oxygen atoms in total. The number of aromatic amines is 1. The number of rotatable bonds is 2. The molecule has 0 saturated heterocycles. The predicted molar refractivity (Wildman–Crippen MR) is 57.0 cm³/mol. The zero-order chi connectivity index (χ0) is 10.8. The van der Waals surface area contributed by atoms with E-state index < -0.39 is 5.97 Å². The summed E-state index contributed by atoms with van der Waals surface area (Å²) < 4.78 is 4.60. The minimum Gasteiger partial charge on any atom is -0.464 e. The lowest BCUT2D eigenvalue weighted by Crippen LogP contribution is -2.00. The number of aromatic nitrogens is 3. The van der Waals surface area contributed by atoms with Crippen LogP contribution in [0.4, 0.5) is 0 Å². The highest BCUT2D eigenvalue weighted by Crippen LogP contribution is 2.16. The highest BCUT2D eigenvalue weighted by atomic mass is 32.2. The molecule has 2 heterocycles. The van der Waals surface area contributed by atoms with Crippen LogP contribution >= 0.6 is 11.8 Å². The first-order valence-electron chi connectivity index (χ1n) is 4.22. The molecule has 0 aliphatic heterocycles. The Morgan fingerprint density at radius 3 is 3.07 bits per heavy atom. The van der Waals surface area contributed by atoms with E-state index in [4.69, 9.17) is 0 Å². The Labute approximate surface area is 90.3 Å². The summed E-state index contributed by atoms with van der Waals surface area (Å²) in [4.78, 5) is 22.4. The number of nitrogens with zero attached hydrogens (tertiary/aromatic N) is 2. The average molecular weight is 223 g/mol. The van der Waals surface area contributed by atoms with E-state index in [0.717, 1.165) is 5.39 Å². The minimum atomic E-state index is -0.404. The zero-order valence-corrected chi connectivity index (χ0v) is 9.09. The minimum absolute atomic E-state index is 0.389. The van der Waals surface area contributed by atoms with Crippen LogP contribution in [0.1, 0.15) is 10.5 Å². The molecule has 0 spiro atoms. The van der Waals surface area contributed by atoms with E-state index in [0.29, 0.717) is 16.5 Å². The first kappa shape index (κ1) is 9.97. The number of hydrogen-bond donors (Lipinski definition) is 1. The van der Waals surface area contributed by atoms with Crippen molar-refractivity contribution in [3.63, 3.8) is 0 Å². The van der Waals surface area contributed by atoms with Crippen LogP contribution in [0.5, 0.6) is 0 Å². The molecule has 0 unspecified atom stereocenters. The van der Waals surface area contributed by atoms with Gasteiger partial charge in [0.05, 0.1) is 7.11 Å². The summed E-state index contributed by atoms with van der Waals surface area (Å²) in [6, 6.07) is 1.67. The average Bonchev–Trinajstić information content (AvgIpc) is 2.70. The molecule has 0 amide bonds. The van der Waals surface area contributed by atoms with Crippen molar-refractivity contribution in [2.24, 2.45) is 0 Å². The summed E-state index contributed by atoms with van der Waals surface area (Å²) in [7, 11) is 1.34. The Kier molecular flexibility index (Phi) is 2.59. The van der Waals surface area contributed by atoms with Crippen LogP contribution < -0.4 is 0 Å². The van der Waals surface area contributed by atoms with E-state index in [9.17, 15) is 4.79 Å². The van der Waals surface area contributed by atoms with E-state index in [-0.39, 0.29) is 0 Å². The highest BCUT2D eigenvalue weighted by molar-refractivity contribution is 7.98. The van der Waals surface area contributed by atoms with Gasteiger partial charge in [0, 0.05) is 11.6 Å². The number of hydrogen-bond acceptors (Lipinski definition) is 5. The Bertz CT molecular complexity index is 509. The van der Waals surface area contributed by atoms with Crippen LogP contribution in [-0.2, 0) is 4.74 Å². The molecule has 6 heteroatoms. The monoisotopic (exact) mass is 223 g/mol. The van der Waals surface area contributed by atoms with Crippen molar-refractivity contribution in [3.8, 4) is 0 Å². The summed E-state index contributed by atoms with van der Waals surface area (Å²) in [6.07, 6.45) is 3.57.